The summed E-state index contributed by atoms with van der Waals surface area (Å²) >= 11 is 1.38. The number of carbonyl (C=O) groups excluding carboxylic acids is 3. The maximum absolute atomic E-state index is 12.4. The summed E-state index contributed by atoms with van der Waals surface area (Å²) in [4.78, 5) is 43.0. The number of likely N-dealkylation sites (tertiary alicyclic amines) is 1. The van der Waals surface area contributed by atoms with E-state index in [0.717, 1.165) is 44.1 Å². The highest BCUT2D eigenvalue weighted by Gasteiger charge is 2.33. The van der Waals surface area contributed by atoms with Crippen molar-refractivity contribution < 1.29 is 19.1 Å². The van der Waals surface area contributed by atoms with Crippen LogP contribution in [0.1, 0.15) is 36.0 Å². The highest BCUT2D eigenvalue weighted by molar-refractivity contribution is 8.15. The molecule has 4 rings (SSSR count). The minimum Gasteiger partial charge on any atom is -0.381 e. The molecule has 2 N–H and O–H groups in total. The van der Waals surface area contributed by atoms with Crippen molar-refractivity contribution in [3.8, 4) is 0 Å². The van der Waals surface area contributed by atoms with E-state index in [1.807, 2.05) is 0 Å². The summed E-state index contributed by atoms with van der Waals surface area (Å²) in [7, 11) is 0. The molecule has 0 saturated carbocycles. The van der Waals surface area contributed by atoms with Gasteiger partial charge in [0.05, 0.1) is 6.61 Å². The van der Waals surface area contributed by atoms with Crippen molar-refractivity contribution >= 4 is 40.3 Å². The zero-order valence-corrected chi connectivity index (χ0v) is 17.6. The van der Waals surface area contributed by atoms with Gasteiger partial charge in [0.1, 0.15) is 5.25 Å². The predicted octanol–water partition coefficient (Wildman–Crippen LogP) is 1.88. The fourth-order valence-corrected chi connectivity index (χ4v) is 4.84. The zero-order chi connectivity index (χ0) is 20.9. The Labute approximate surface area is 179 Å². The number of amidine groups is 1. The Balaban J connectivity index is 1.23. The standard InChI is InChI=1S/C21H26N4O4S/c26-18(11-17-20(28)24-21(30-17)25-8-1-2-9-25)23-16-5-3-15(4-6-16)19(27)22-12-14-7-10-29-13-14/h3-6,14,17H,1-2,7-13H2,(H,22,27)(H,23,26). The Bertz CT molecular complexity index is 830. The van der Waals surface area contributed by atoms with Gasteiger partial charge in [0.2, 0.25) is 5.91 Å². The van der Waals surface area contributed by atoms with Crippen LogP contribution in [0.2, 0.25) is 0 Å². The first-order valence-corrected chi connectivity index (χ1v) is 11.3. The highest BCUT2D eigenvalue weighted by atomic mass is 32.2. The molecule has 3 heterocycles. The van der Waals surface area contributed by atoms with Crippen LogP contribution in [-0.2, 0) is 14.3 Å². The zero-order valence-electron chi connectivity index (χ0n) is 16.8. The van der Waals surface area contributed by atoms with E-state index in [0.29, 0.717) is 30.3 Å². The van der Waals surface area contributed by atoms with Crippen molar-refractivity contribution in [3.05, 3.63) is 29.8 Å². The number of amides is 3. The number of nitrogens with zero attached hydrogens (tertiary/aromatic N) is 2. The summed E-state index contributed by atoms with van der Waals surface area (Å²) in [5.74, 6) is -0.244. The van der Waals surface area contributed by atoms with Crippen molar-refractivity contribution in [3.63, 3.8) is 0 Å². The topological polar surface area (TPSA) is 100 Å². The van der Waals surface area contributed by atoms with Gasteiger partial charge in [-0.1, -0.05) is 11.8 Å². The van der Waals surface area contributed by atoms with E-state index >= 15 is 0 Å². The van der Waals surface area contributed by atoms with Crippen molar-refractivity contribution in [2.75, 3.05) is 38.2 Å². The summed E-state index contributed by atoms with van der Waals surface area (Å²) in [6, 6.07) is 6.75. The van der Waals surface area contributed by atoms with E-state index in [4.69, 9.17) is 4.74 Å². The lowest BCUT2D eigenvalue weighted by molar-refractivity contribution is -0.121. The molecule has 3 aliphatic heterocycles. The van der Waals surface area contributed by atoms with E-state index in [1.165, 1.54) is 11.8 Å². The molecule has 30 heavy (non-hydrogen) atoms. The van der Waals surface area contributed by atoms with E-state index in [-0.39, 0.29) is 24.1 Å². The van der Waals surface area contributed by atoms with E-state index < -0.39 is 5.25 Å². The van der Waals surface area contributed by atoms with Crippen molar-refractivity contribution in [2.24, 2.45) is 10.9 Å². The van der Waals surface area contributed by atoms with Gasteiger partial charge in [0, 0.05) is 49.8 Å². The fraction of sp³-hybridized carbons (Fsp3) is 0.524. The number of ether oxygens (including phenoxy) is 1. The Morgan fingerprint density at radius 2 is 1.97 bits per heavy atom. The van der Waals surface area contributed by atoms with Crippen LogP contribution in [0, 0.1) is 5.92 Å². The van der Waals surface area contributed by atoms with Crippen molar-refractivity contribution in [1.29, 1.82) is 0 Å². The van der Waals surface area contributed by atoms with Gasteiger partial charge in [-0.15, -0.1) is 0 Å². The number of hydrogen-bond acceptors (Lipinski definition) is 6. The predicted molar refractivity (Wildman–Crippen MR) is 116 cm³/mol. The SMILES string of the molecule is O=C(CC1SC(N2CCCC2)=NC1=O)Nc1ccc(C(=O)NCC2CCOC2)cc1. The van der Waals surface area contributed by atoms with Crippen molar-refractivity contribution in [2.45, 2.75) is 30.9 Å². The van der Waals surface area contributed by atoms with Crippen LogP contribution in [0.25, 0.3) is 0 Å². The quantitative estimate of drug-likeness (QED) is 0.715. The van der Waals surface area contributed by atoms with Gasteiger partial charge in [0.15, 0.2) is 5.17 Å². The van der Waals surface area contributed by atoms with Gasteiger partial charge in [-0.2, -0.15) is 4.99 Å². The number of carbonyl (C=O) groups is 3. The van der Waals surface area contributed by atoms with Gasteiger partial charge < -0.3 is 20.3 Å². The smallest absolute Gasteiger partial charge is 0.262 e. The van der Waals surface area contributed by atoms with E-state index in [1.54, 1.807) is 24.3 Å². The number of anilines is 1. The Morgan fingerprint density at radius 3 is 2.67 bits per heavy atom. The molecule has 0 spiro atoms. The molecular weight excluding hydrogens is 404 g/mol. The first-order valence-electron chi connectivity index (χ1n) is 10.4. The molecule has 3 aliphatic rings. The second kappa shape index (κ2) is 9.61. The molecule has 0 radical (unpaired) electrons. The normalized spacial score (nSPS) is 23.5. The van der Waals surface area contributed by atoms with Crippen LogP contribution >= 0.6 is 11.8 Å². The van der Waals surface area contributed by atoms with Crippen LogP contribution in [0.4, 0.5) is 5.69 Å². The monoisotopic (exact) mass is 430 g/mol. The molecular formula is C21H26N4O4S. The molecule has 2 fully saturated rings. The maximum atomic E-state index is 12.4. The molecule has 8 nitrogen and oxygen atoms in total. The van der Waals surface area contributed by atoms with Crippen LogP contribution in [0.5, 0.6) is 0 Å². The molecule has 3 amide bonds. The van der Waals surface area contributed by atoms with Gasteiger partial charge in [0.25, 0.3) is 11.8 Å². The number of hydrogen-bond donors (Lipinski definition) is 2. The third-order valence-electron chi connectivity index (χ3n) is 5.48. The minimum absolute atomic E-state index is 0.0794. The highest BCUT2D eigenvalue weighted by Crippen LogP contribution is 2.29. The lowest BCUT2D eigenvalue weighted by Gasteiger charge is -2.16. The van der Waals surface area contributed by atoms with E-state index in [9.17, 15) is 14.4 Å². The number of aliphatic imine (C=N–C) groups is 1. The molecule has 1 aromatic rings. The minimum atomic E-state index is -0.467. The molecule has 2 saturated heterocycles. The molecule has 9 heteroatoms. The molecule has 2 unspecified atom stereocenters. The summed E-state index contributed by atoms with van der Waals surface area (Å²) in [5, 5.41) is 6.00. The average molecular weight is 431 g/mol. The molecule has 0 aliphatic carbocycles. The molecule has 2 atom stereocenters. The summed E-state index contributed by atoms with van der Waals surface area (Å²) < 4.78 is 5.31. The number of thioether (sulfide) groups is 1. The van der Waals surface area contributed by atoms with Gasteiger partial charge >= 0.3 is 0 Å². The van der Waals surface area contributed by atoms with Gasteiger partial charge in [-0.25, -0.2) is 0 Å². The fourth-order valence-electron chi connectivity index (χ4n) is 3.72. The lowest BCUT2D eigenvalue weighted by Crippen LogP contribution is -2.29. The van der Waals surface area contributed by atoms with Crippen LogP contribution < -0.4 is 10.6 Å². The average Bonchev–Trinajstić information content (AvgIpc) is 3.50. The second-order valence-corrected chi connectivity index (χ2v) is 8.97. The van der Waals surface area contributed by atoms with E-state index in [2.05, 4.69) is 20.5 Å². The Hall–Kier alpha value is -2.39. The van der Waals surface area contributed by atoms with Crippen LogP contribution in [0.3, 0.4) is 0 Å². The number of nitrogens with one attached hydrogen (secondary N) is 2. The number of benzene rings is 1. The summed E-state index contributed by atoms with van der Waals surface area (Å²) in [6.07, 6.45) is 3.28. The second-order valence-electron chi connectivity index (χ2n) is 7.80. The third kappa shape index (κ3) is 5.20. The van der Waals surface area contributed by atoms with Gasteiger partial charge in [-0.3, -0.25) is 14.4 Å². The Kier molecular flexibility index (Phi) is 6.69. The first-order chi connectivity index (χ1) is 14.6. The lowest BCUT2D eigenvalue weighted by atomic mass is 10.1. The third-order valence-corrected chi connectivity index (χ3v) is 6.70. The first kappa shape index (κ1) is 20.9. The summed E-state index contributed by atoms with van der Waals surface area (Å²) in [5.41, 5.74) is 1.13. The van der Waals surface area contributed by atoms with Gasteiger partial charge in [-0.05, 0) is 43.5 Å². The molecule has 1 aromatic carbocycles. The number of rotatable bonds is 6. The maximum Gasteiger partial charge on any atom is 0.262 e. The molecule has 160 valence electrons. The van der Waals surface area contributed by atoms with Crippen molar-refractivity contribution in [1.82, 2.24) is 10.2 Å². The van der Waals surface area contributed by atoms with Crippen LogP contribution in [0.15, 0.2) is 29.3 Å². The molecule has 0 bridgehead atoms. The molecule has 0 aromatic heterocycles. The Morgan fingerprint density at radius 1 is 1.20 bits per heavy atom. The summed E-state index contributed by atoms with van der Waals surface area (Å²) in [6.45, 7) is 3.90. The largest absolute Gasteiger partial charge is 0.381 e. The van der Waals surface area contributed by atoms with Crippen LogP contribution in [-0.4, -0.2) is 65.9 Å².